The third-order valence-electron chi connectivity index (χ3n) is 5.12. The summed E-state index contributed by atoms with van der Waals surface area (Å²) in [7, 11) is 0. The molecule has 5 heteroatoms. The number of benzene rings is 3. The molecular weight excluding hydrogens is 380 g/mol. The standard InChI is InChI=1S/C25H26O5/c26-23(27)24(28,29)18-10-11-19-30-25(20-12-4-1-5-13-20,21-14-6-2-7-15-21)22-16-8-3-9-17-22/h1-9,12-17,28-29H,10-11,18-19H2,(H,26,27). The van der Waals surface area contributed by atoms with Gasteiger partial charge in [0.05, 0.1) is 0 Å². The summed E-state index contributed by atoms with van der Waals surface area (Å²) in [5.41, 5.74) is 2.09. The van der Waals surface area contributed by atoms with Gasteiger partial charge in [0.2, 0.25) is 0 Å². The van der Waals surface area contributed by atoms with Crippen LogP contribution in [0.25, 0.3) is 0 Å². The number of carboxylic acids is 1. The molecule has 0 atom stereocenters. The highest BCUT2D eigenvalue weighted by molar-refractivity contribution is 5.74. The van der Waals surface area contributed by atoms with E-state index in [0.717, 1.165) is 16.7 Å². The van der Waals surface area contributed by atoms with Crippen LogP contribution in [0.2, 0.25) is 0 Å². The lowest BCUT2D eigenvalue weighted by Gasteiger charge is -2.36. The Morgan fingerprint density at radius 3 is 1.47 bits per heavy atom. The van der Waals surface area contributed by atoms with Crippen molar-refractivity contribution in [2.45, 2.75) is 30.7 Å². The van der Waals surface area contributed by atoms with Crippen molar-refractivity contribution in [3.8, 4) is 0 Å². The zero-order valence-corrected chi connectivity index (χ0v) is 16.6. The molecule has 0 aliphatic heterocycles. The lowest BCUT2D eigenvalue weighted by molar-refractivity contribution is -0.206. The number of hydrogen-bond acceptors (Lipinski definition) is 4. The molecule has 3 rings (SSSR count). The van der Waals surface area contributed by atoms with E-state index in [1.807, 2.05) is 91.0 Å². The molecule has 0 amide bonds. The second-order valence-corrected chi connectivity index (χ2v) is 7.21. The van der Waals surface area contributed by atoms with Gasteiger partial charge >= 0.3 is 5.97 Å². The van der Waals surface area contributed by atoms with E-state index in [1.54, 1.807) is 0 Å². The van der Waals surface area contributed by atoms with Crippen LogP contribution < -0.4 is 0 Å². The summed E-state index contributed by atoms with van der Waals surface area (Å²) in [5, 5.41) is 27.8. The Balaban J connectivity index is 1.91. The minimum absolute atomic E-state index is 0.263. The van der Waals surface area contributed by atoms with Gasteiger partial charge < -0.3 is 20.1 Å². The predicted molar refractivity (Wildman–Crippen MR) is 114 cm³/mol. The zero-order valence-electron chi connectivity index (χ0n) is 16.6. The number of carboxylic acid groups (broad SMARTS) is 1. The van der Waals surface area contributed by atoms with Crippen LogP contribution in [0.1, 0.15) is 36.0 Å². The normalized spacial score (nSPS) is 11.9. The van der Waals surface area contributed by atoms with E-state index in [1.165, 1.54) is 0 Å². The van der Waals surface area contributed by atoms with Crippen molar-refractivity contribution in [2.75, 3.05) is 6.61 Å². The lowest BCUT2D eigenvalue weighted by atomic mass is 9.80. The largest absolute Gasteiger partial charge is 0.477 e. The Labute approximate surface area is 176 Å². The first-order valence-corrected chi connectivity index (χ1v) is 9.95. The molecule has 0 unspecified atom stereocenters. The highest BCUT2D eigenvalue weighted by atomic mass is 16.5. The van der Waals surface area contributed by atoms with Crippen LogP contribution in [0.5, 0.6) is 0 Å². The van der Waals surface area contributed by atoms with Crippen LogP contribution in [0.4, 0.5) is 0 Å². The first-order chi connectivity index (χ1) is 14.5. The molecule has 0 bridgehead atoms. The van der Waals surface area contributed by atoms with E-state index in [9.17, 15) is 15.0 Å². The molecule has 3 N–H and O–H groups in total. The Hall–Kier alpha value is -2.99. The molecule has 0 heterocycles. The van der Waals surface area contributed by atoms with Gasteiger partial charge in [0.25, 0.3) is 5.79 Å². The summed E-state index contributed by atoms with van der Waals surface area (Å²) in [6.07, 6.45) is 0.513. The van der Waals surface area contributed by atoms with Gasteiger partial charge in [0, 0.05) is 13.0 Å². The van der Waals surface area contributed by atoms with Gasteiger partial charge in [0.15, 0.2) is 0 Å². The average Bonchev–Trinajstić information content (AvgIpc) is 2.78. The maximum Gasteiger partial charge on any atom is 0.364 e. The summed E-state index contributed by atoms with van der Waals surface area (Å²) in [5.74, 6) is -4.36. The average molecular weight is 406 g/mol. The number of unbranched alkanes of at least 4 members (excludes halogenated alkanes) is 1. The third-order valence-corrected chi connectivity index (χ3v) is 5.12. The topological polar surface area (TPSA) is 87.0 Å². The van der Waals surface area contributed by atoms with Gasteiger partial charge in [-0.15, -0.1) is 0 Å². The second-order valence-electron chi connectivity index (χ2n) is 7.21. The molecule has 3 aromatic carbocycles. The molecule has 0 fully saturated rings. The Morgan fingerprint density at radius 1 is 0.700 bits per heavy atom. The number of aliphatic hydroxyl groups is 2. The maximum atomic E-state index is 10.9. The van der Waals surface area contributed by atoms with E-state index in [4.69, 9.17) is 9.84 Å². The van der Waals surface area contributed by atoms with Gasteiger partial charge in [-0.25, -0.2) is 4.79 Å². The number of carbonyl (C=O) groups is 1. The minimum atomic E-state index is -2.71. The molecular formula is C25H26O5. The predicted octanol–water partition coefficient (Wildman–Crippen LogP) is 3.93. The molecule has 0 saturated carbocycles. The Bertz CT molecular complexity index is 827. The summed E-state index contributed by atoms with van der Waals surface area (Å²) >= 11 is 0. The van der Waals surface area contributed by atoms with E-state index in [0.29, 0.717) is 19.4 Å². The number of aliphatic carboxylic acids is 1. The molecule has 0 spiro atoms. The maximum absolute atomic E-state index is 10.9. The van der Waals surface area contributed by atoms with Crippen LogP contribution in [0, 0.1) is 0 Å². The first-order valence-electron chi connectivity index (χ1n) is 9.95. The van der Waals surface area contributed by atoms with Crippen LogP contribution in [-0.4, -0.2) is 33.7 Å². The van der Waals surface area contributed by atoms with Crippen LogP contribution in [0.3, 0.4) is 0 Å². The third kappa shape index (κ3) is 4.76. The van der Waals surface area contributed by atoms with Crippen molar-refractivity contribution in [1.82, 2.24) is 0 Å². The molecule has 156 valence electrons. The molecule has 5 nitrogen and oxygen atoms in total. The SMILES string of the molecule is O=C(O)C(O)(O)CCCCOC(c1ccccc1)(c1ccccc1)c1ccccc1. The van der Waals surface area contributed by atoms with Crippen molar-refractivity contribution < 1.29 is 24.9 Å². The van der Waals surface area contributed by atoms with E-state index in [2.05, 4.69) is 0 Å². The number of hydrogen-bond donors (Lipinski definition) is 3. The van der Waals surface area contributed by atoms with Gasteiger partial charge in [-0.2, -0.15) is 0 Å². The van der Waals surface area contributed by atoms with Crippen LogP contribution in [0.15, 0.2) is 91.0 Å². The zero-order chi connectivity index (χ0) is 21.5. The summed E-state index contributed by atoms with van der Waals surface area (Å²) < 4.78 is 6.55. The van der Waals surface area contributed by atoms with E-state index < -0.39 is 17.4 Å². The monoisotopic (exact) mass is 406 g/mol. The molecule has 0 aliphatic rings. The number of rotatable bonds is 10. The molecule has 3 aromatic rings. The summed E-state index contributed by atoms with van der Waals surface area (Å²) in [6, 6.07) is 29.8. The fraction of sp³-hybridized carbons (Fsp3) is 0.240. The van der Waals surface area contributed by atoms with Gasteiger partial charge in [-0.3, -0.25) is 0 Å². The molecule has 0 aromatic heterocycles. The van der Waals surface area contributed by atoms with Crippen molar-refractivity contribution in [2.24, 2.45) is 0 Å². The Morgan fingerprint density at radius 2 is 1.10 bits per heavy atom. The molecule has 0 saturated heterocycles. The highest BCUT2D eigenvalue weighted by Crippen LogP contribution is 2.40. The van der Waals surface area contributed by atoms with Crippen LogP contribution >= 0.6 is 0 Å². The van der Waals surface area contributed by atoms with Crippen molar-refractivity contribution in [3.63, 3.8) is 0 Å². The van der Waals surface area contributed by atoms with Crippen molar-refractivity contribution in [3.05, 3.63) is 108 Å². The van der Waals surface area contributed by atoms with Crippen LogP contribution in [-0.2, 0) is 15.1 Å². The lowest BCUT2D eigenvalue weighted by Crippen LogP contribution is -2.38. The Kier molecular flexibility index (Phi) is 7.00. The number of ether oxygens (including phenoxy) is 1. The fourth-order valence-corrected chi connectivity index (χ4v) is 3.57. The van der Waals surface area contributed by atoms with E-state index >= 15 is 0 Å². The first kappa shape index (κ1) is 21.7. The molecule has 0 radical (unpaired) electrons. The minimum Gasteiger partial charge on any atom is -0.477 e. The summed E-state index contributed by atoms with van der Waals surface area (Å²) in [4.78, 5) is 10.9. The van der Waals surface area contributed by atoms with E-state index in [-0.39, 0.29) is 6.42 Å². The fourth-order valence-electron chi connectivity index (χ4n) is 3.57. The highest BCUT2D eigenvalue weighted by Gasteiger charge is 2.37. The second kappa shape index (κ2) is 9.67. The van der Waals surface area contributed by atoms with Gasteiger partial charge in [-0.1, -0.05) is 91.0 Å². The molecule has 0 aliphatic carbocycles. The summed E-state index contributed by atoms with van der Waals surface area (Å²) in [6.45, 7) is 0.314. The van der Waals surface area contributed by atoms with Crippen molar-refractivity contribution in [1.29, 1.82) is 0 Å². The van der Waals surface area contributed by atoms with Gasteiger partial charge in [-0.05, 0) is 29.5 Å². The van der Waals surface area contributed by atoms with Gasteiger partial charge in [0.1, 0.15) is 5.60 Å². The van der Waals surface area contributed by atoms with Crippen molar-refractivity contribution >= 4 is 5.97 Å². The quantitative estimate of drug-likeness (QED) is 0.270. The smallest absolute Gasteiger partial charge is 0.364 e. The molecule has 30 heavy (non-hydrogen) atoms.